The van der Waals surface area contributed by atoms with E-state index in [0.29, 0.717) is 25.2 Å². The topological polar surface area (TPSA) is 49.4 Å². The third-order valence-electron chi connectivity index (χ3n) is 3.83. The summed E-state index contributed by atoms with van der Waals surface area (Å²) in [7, 11) is 0. The van der Waals surface area contributed by atoms with Crippen molar-refractivity contribution in [2.75, 3.05) is 6.54 Å². The van der Waals surface area contributed by atoms with Gasteiger partial charge < -0.3 is 10.2 Å². The minimum absolute atomic E-state index is 0.00851. The van der Waals surface area contributed by atoms with Crippen molar-refractivity contribution in [3.8, 4) is 0 Å². The second-order valence-electron chi connectivity index (χ2n) is 5.74. The molecule has 104 valence electrons. The molecule has 1 unspecified atom stereocenters. The molecule has 4 heteroatoms. The van der Waals surface area contributed by atoms with Crippen LogP contribution in [0, 0.1) is 5.92 Å². The second-order valence-corrected chi connectivity index (χ2v) is 5.74. The molecule has 1 N–H and O–H groups in total. The quantitative estimate of drug-likeness (QED) is 0.833. The van der Waals surface area contributed by atoms with Crippen LogP contribution in [0.5, 0.6) is 0 Å². The molecule has 0 radical (unpaired) electrons. The van der Waals surface area contributed by atoms with Gasteiger partial charge in [0.25, 0.3) is 0 Å². The zero-order chi connectivity index (χ0) is 13.9. The Hall–Kier alpha value is -1.06. The van der Waals surface area contributed by atoms with Crippen molar-refractivity contribution in [2.45, 2.75) is 65.5 Å². The summed E-state index contributed by atoms with van der Waals surface area (Å²) in [5, 5.41) is 2.94. The highest BCUT2D eigenvalue weighted by Gasteiger charge is 2.43. The molecule has 0 saturated carbocycles. The third kappa shape index (κ3) is 2.85. The van der Waals surface area contributed by atoms with Crippen molar-refractivity contribution in [1.29, 1.82) is 0 Å². The van der Waals surface area contributed by atoms with Gasteiger partial charge in [-0.1, -0.05) is 27.7 Å². The summed E-state index contributed by atoms with van der Waals surface area (Å²) in [6.07, 6.45) is 1.70. The Morgan fingerprint density at radius 1 is 1.33 bits per heavy atom. The molecule has 0 aliphatic carbocycles. The number of rotatable bonds is 4. The number of hydrogen-bond donors (Lipinski definition) is 1. The number of nitrogens with one attached hydrogen (secondary N) is 1. The van der Waals surface area contributed by atoms with E-state index in [1.54, 1.807) is 0 Å². The van der Waals surface area contributed by atoms with E-state index in [1.165, 1.54) is 0 Å². The molecule has 1 aliphatic rings. The average molecular weight is 254 g/mol. The highest BCUT2D eigenvalue weighted by Crippen LogP contribution is 2.25. The molecular formula is C14H26N2O2. The van der Waals surface area contributed by atoms with Gasteiger partial charge in [0.1, 0.15) is 5.54 Å². The third-order valence-corrected chi connectivity index (χ3v) is 3.83. The molecule has 2 amide bonds. The first kappa shape index (κ1) is 15.0. The first-order valence-electron chi connectivity index (χ1n) is 6.98. The maximum atomic E-state index is 12.7. The molecule has 1 rings (SSSR count). The van der Waals surface area contributed by atoms with Crippen LogP contribution < -0.4 is 5.32 Å². The minimum Gasteiger partial charge on any atom is -0.342 e. The van der Waals surface area contributed by atoms with Crippen molar-refractivity contribution in [3.63, 3.8) is 0 Å². The molecule has 0 bridgehead atoms. The second kappa shape index (κ2) is 5.72. The lowest BCUT2D eigenvalue weighted by molar-refractivity contribution is -0.141. The Kier molecular flexibility index (Phi) is 4.77. The first-order valence-corrected chi connectivity index (χ1v) is 6.98. The van der Waals surface area contributed by atoms with E-state index in [4.69, 9.17) is 0 Å². The maximum Gasteiger partial charge on any atom is 0.248 e. The van der Waals surface area contributed by atoms with E-state index in [2.05, 4.69) is 19.2 Å². The molecular weight excluding hydrogens is 228 g/mol. The molecule has 0 aromatic rings. The van der Waals surface area contributed by atoms with Crippen LogP contribution in [0.1, 0.15) is 53.9 Å². The van der Waals surface area contributed by atoms with Crippen LogP contribution in [-0.2, 0) is 9.59 Å². The van der Waals surface area contributed by atoms with Gasteiger partial charge in [-0.25, -0.2) is 0 Å². The highest BCUT2D eigenvalue weighted by atomic mass is 16.2. The molecule has 1 heterocycles. The summed E-state index contributed by atoms with van der Waals surface area (Å²) in [5.74, 6) is 0.487. The van der Waals surface area contributed by atoms with Crippen molar-refractivity contribution in [2.24, 2.45) is 5.92 Å². The molecule has 1 aliphatic heterocycles. The fourth-order valence-corrected chi connectivity index (χ4v) is 2.61. The van der Waals surface area contributed by atoms with E-state index in [0.717, 1.165) is 6.54 Å². The predicted octanol–water partition coefficient (Wildman–Crippen LogP) is 1.94. The molecule has 0 spiro atoms. The number of carbonyl (C=O) groups is 2. The normalized spacial score (nSPS) is 24.1. The van der Waals surface area contributed by atoms with Crippen molar-refractivity contribution < 1.29 is 9.59 Å². The van der Waals surface area contributed by atoms with E-state index in [-0.39, 0.29) is 17.9 Å². The molecule has 1 fully saturated rings. The Morgan fingerprint density at radius 2 is 1.89 bits per heavy atom. The van der Waals surface area contributed by atoms with Crippen LogP contribution in [0.2, 0.25) is 0 Å². The summed E-state index contributed by atoms with van der Waals surface area (Å²) in [5.41, 5.74) is -0.698. The van der Waals surface area contributed by atoms with Crippen LogP contribution >= 0.6 is 0 Å². The standard InChI is InChI=1S/C14H26N2O2/c1-6-14(7-2)13(18)16(9-10(3)4)11(5)8-12(17)15-14/h10-11H,6-9H2,1-5H3,(H,15,17). The van der Waals surface area contributed by atoms with Crippen molar-refractivity contribution in [3.05, 3.63) is 0 Å². The van der Waals surface area contributed by atoms with Crippen LogP contribution in [-0.4, -0.2) is 34.8 Å². The fourth-order valence-electron chi connectivity index (χ4n) is 2.61. The zero-order valence-electron chi connectivity index (χ0n) is 12.2. The number of nitrogens with zero attached hydrogens (tertiary/aromatic N) is 1. The smallest absolute Gasteiger partial charge is 0.248 e. The van der Waals surface area contributed by atoms with Gasteiger partial charge >= 0.3 is 0 Å². The Morgan fingerprint density at radius 3 is 2.33 bits per heavy atom. The summed E-state index contributed by atoms with van der Waals surface area (Å²) in [6, 6.07) is -0.0140. The van der Waals surface area contributed by atoms with Gasteiger partial charge in [0, 0.05) is 19.0 Å². The fraction of sp³-hybridized carbons (Fsp3) is 0.857. The summed E-state index contributed by atoms with van der Waals surface area (Å²) in [6.45, 7) is 10.8. The minimum atomic E-state index is -0.698. The van der Waals surface area contributed by atoms with E-state index >= 15 is 0 Å². The molecule has 4 nitrogen and oxygen atoms in total. The van der Waals surface area contributed by atoms with E-state index in [9.17, 15) is 9.59 Å². The van der Waals surface area contributed by atoms with Gasteiger partial charge in [0.15, 0.2) is 0 Å². The monoisotopic (exact) mass is 254 g/mol. The summed E-state index contributed by atoms with van der Waals surface area (Å²) < 4.78 is 0. The lowest BCUT2D eigenvalue weighted by atomic mass is 9.91. The largest absolute Gasteiger partial charge is 0.342 e. The van der Waals surface area contributed by atoms with Crippen LogP contribution in [0.3, 0.4) is 0 Å². The van der Waals surface area contributed by atoms with Crippen LogP contribution in [0.15, 0.2) is 0 Å². The van der Waals surface area contributed by atoms with Gasteiger partial charge in [-0.05, 0) is 25.7 Å². The summed E-state index contributed by atoms with van der Waals surface area (Å²) >= 11 is 0. The van der Waals surface area contributed by atoms with E-state index in [1.807, 2.05) is 25.7 Å². The number of carbonyl (C=O) groups excluding carboxylic acids is 2. The van der Waals surface area contributed by atoms with Crippen LogP contribution in [0.4, 0.5) is 0 Å². The van der Waals surface area contributed by atoms with Crippen molar-refractivity contribution >= 4 is 11.8 Å². The SMILES string of the molecule is CCC1(CC)NC(=O)CC(C)N(CC(C)C)C1=O. The Labute approximate surface area is 110 Å². The number of hydrogen-bond acceptors (Lipinski definition) is 2. The van der Waals surface area contributed by atoms with Gasteiger partial charge in [0.05, 0.1) is 0 Å². The summed E-state index contributed by atoms with van der Waals surface area (Å²) in [4.78, 5) is 26.5. The molecule has 1 saturated heterocycles. The van der Waals surface area contributed by atoms with Gasteiger partial charge in [-0.2, -0.15) is 0 Å². The average Bonchev–Trinajstić information content (AvgIpc) is 2.39. The maximum absolute atomic E-state index is 12.7. The predicted molar refractivity (Wildman–Crippen MR) is 72.1 cm³/mol. The van der Waals surface area contributed by atoms with Gasteiger partial charge in [0.2, 0.25) is 11.8 Å². The van der Waals surface area contributed by atoms with Gasteiger partial charge in [-0.3, -0.25) is 9.59 Å². The zero-order valence-corrected chi connectivity index (χ0v) is 12.2. The Bertz CT molecular complexity index is 322. The highest BCUT2D eigenvalue weighted by molar-refractivity contribution is 5.94. The van der Waals surface area contributed by atoms with E-state index < -0.39 is 5.54 Å². The first-order chi connectivity index (χ1) is 8.36. The molecule has 0 aromatic heterocycles. The number of amides is 2. The molecule has 0 aromatic carbocycles. The van der Waals surface area contributed by atoms with Crippen molar-refractivity contribution in [1.82, 2.24) is 10.2 Å². The molecule has 1 atom stereocenters. The lowest BCUT2D eigenvalue weighted by Crippen LogP contribution is -2.57. The molecule has 18 heavy (non-hydrogen) atoms. The van der Waals surface area contributed by atoms with Crippen LogP contribution in [0.25, 0.3) is 0 Å². The Balaban J connectivity index is 3.08. The van der Waals surface area contributed by atoms with Gasteiger partial charge in [-0.15, -0.1) is 0 Å². The lowest BCUT2D eigenvalue weighted by Gasteiger charge is -2.36.